The first-order valence-corrected chi connectivity index (χ1v) is 15.9. The number of nitrogen functional groups attached to an aromatic ring is 1. The van der Waals surface area contributed by atoms with Gasteiger partial charge in [-0.05, 0) is 92.6 Å². The minimum atomic E-state index is -1.01. The van der Waals surface area contributed by atoms with Crippen molar-refractivity contribution in [2.75, 3.05) is 5.73 Å². The number of carbonyl (C=O) groups is 2. The van der Waals surface area contributed by atoms with Gasteiger partial charge in [0.1, 0.15) is 17.5 Å². The predicted octanol–water partition coefficient (Wildman–Crippen LogP) is 7.03. The van der Waals surface area contributed by atoms with E-state index in [1.54, 1.807) is 6.08 Å². The van der Waals surface area contributed by atoms with Gasteiger partial charge in [-0.15, -0.1) is 0 Å². The summed E-state index contributed by atoms with van der Waals surface area (Å²) in [6.07, 6.45) is 11.8. The lowest BCUT2D eigenvalue weighted by molar-refractivity contribution is -0.131. The number of nitrogens with two attached hydrogens (primary N) is 1. The molecule has 46 heavy (non-hydrogen) atoms. The number of fused-ring (bicyclic) bond motifs is 2. The topological polar surface area (TPSA) is 128 Å². The fraction of sp³-hybridized carbons (Fsp3) is 0.333. The van der Waals surface area contributed by atoms with E-state index in [-0.39, 0.29) is 17.8 Å². The molecule has 0 atom stereocenters. The normalized spacial score (nSPS) is 16.7. The molecular weight excluding hydrogens is 583 g/mol. The number of pyridine rings is 1. The second-order valence-electron chi connectivity index (χ2n) is 12.8. The van der Waals surface area contributed by atoms with Crippen LogP contribution in [0.5, 0.6) is 0 Å². The van der Waals surface area contributed by atoms with Crippen LogP contribution in [0.4, 0.5) is 10.2 Å². The average molecular weight is 621 g/mol. The molecule has 0 bridgehead atoms. The fourth-order valence-corrected chi connectivity index (χ4v) is 7.44. The van der Waals surface area contributed by atoms with Crippen molar-refractivity contribution in [1.82, 2.24) is 24.4 Å². The summed E-state index contributed by atoms with van der Waals surface area (Å²) in [5.74, 6) is -0.575. The average Bonchev–Trinajstić information content (AvgIpc) is 3.52. The van der Waals surface area contributed by atoms with Gasteiger partial charge in [-0.2, -0.15) is 0 Å². The van der Waals surface area contributed by atoms with Crippen LogP contribution in [0, 0.1) is 12.7 Å². The Morgan fingerprint density at radius 3 is 2.57 bits per heavy atom. The summed E-state index contributed by atoms with van der Waals surface area (Å²) < 4.78 is 18.8. The number of halogens is 1. The number of aryl methyl sites for hydroxylation is 2. The predicted molar refractivity (Wildman–Crippen MR) is 177 cm³/mol. The summed E-state index contributed by atoms with van der Waals surface area (Å²) in [5.41, 5.74) is 12.0. The van der Waals surface area contributed by atoms with Crippen LogP contribution in [-0.4, -0.2) is 36.1 Å². The Morgan fingerprint density at radius 2 is 1.85 bits per heavy atom. The zero-order valence-corrected chi connectivity index (χ0v) is 26.0. The Hall–Kier alpha value is -4.99. The van der Waals surface area contributed by atoms with E-state index >= 15 is 0 Å². The van der Waals surface area contributed by atoms with Crippen molar-refractivity contribution in [3.8, 4) is 11.3 Å². The summed E-state index contributed by atoms with van der Waals surface area (Å²) >= 11 is 0. The third kappa shape index (κ3) is 5.02. The van der Waals surface area contributed by atoms with Crippen LogP contribution in [0.3, 0.4) is 0 Å². The van der Waals surface area contributed by atoms with Crippen LogP contribution in [0.2, 0.25) is 0 Å². The number of amides is 1. The summed E-state index contributed by atoms with van der Waals surface area (Å²) in [5, 5.41) is 13.3. The second-order valence-corrected chi connectivity index (χ2v) is 12.8. The Morgan fingerprint density at radius 1 is 1.07 bits per heavy atom. The van der Waals surface area contributed by atoms with Crippen LogP contribution >= 0.6 is 0 Å². The molecular formula is C36H37FN6O3. The first-order valence-electron chi connectivity index (χ1n) is 15.9. The zero-order valence-electron chi connectivity index (χ0n) is 26.0. The van der Waals surface area contributed by atoms with Crippen LogP contribution in [0.15, 0.2) is 54.7 Å². The second kappa shape index (κ2) is 11.4. The summed E-state index contributed by atoms with van der Waals surface area (Å²) in [7, 11) is 1.93. The minimum Gasteiger partial charge on any atom is -0.478 e. The standard InChI is InChI=1S/C36H37FN6O3/c1-21-26-18-23(11-13-29(26)43(25-7-4-3-5-8-25)32(21)27-19-24(37)20-39-33(27)38)34(46)41-36(15-6-16-36)35-40-28-12-9-22(10-14-31(44)45)17-30(28)42(35)2/h9-14,17-20,25H,3-8,15-16H2,1-2H3,(H2,38,39)(H,41,46)(H,44,45)/b14-10+. The minimum absolute atomic E-state index is 0.183. The van der Waals surface area contributed by atoms with Crippen molar-refractivity contribution in [2.45, 2.75) is 69.9 Å². The van der Waals surface area contributed by atoms with Crippen LogP contribution in [0.1, 0.15) is 84.7 Å². The molecule has 3 aromatic heterocycles. The number of carboxylic acid groups (broad SMARTS) is 1. The number of nitrogens with zero attached hydrogens (tertiary/aromatic N) is 4. The maximum absolute atomic E-state index is 14.5. The summed E-state index contributed by atoms with van der Waals surface area (Å²) in [6, 6.07) is 13.1. The highest BCUT2D eigenvalue weighted by Gasteiger charge is 2.44. The van der Waals surface area contributed by atoms with Gasteiger partial charge in [0.25, 0.3) is 5.91 Å². The lowest BCUT2D eigenvalue weighted by Crippen LogP contribution is -2.52. The lowest BCUT2D eigenvalue weighted by atomic mass is 9.75. The molecule has 10 heteroatoms. The highest BCUT2D eigenvalue weighted by atomic mass is 19.1. The Bertz CT molecular complexity index is 2050. The maximum atomic E-state index is 14.5. The number of carbonyl (C=O) groups excluding carboxylic acids is 1. The van der Waals surface area contributed by atoms with Crippen molar-refractivity contribution in [2.24, 2.45) is 7.05 Å². The SMILES string of the molecule is Cc1c(-c2cc(F)cnc2N)n(C2CCCCC2)c2ccc(C(=O)NC3(c4nc5ccc(/C=C/C(=O)O)cc5n4C)CCC3)cc12. The van der Waals surface area contributed by atoms with E-state index in [1.807, 2.05) is 54.9 Å². The molecule has 0 unspecified atom stereocenters. The van der Waals surface area contributed by atoms with Crippen LogP contribution in [0.25, 0.3) is 39.3 Å². The third-order valence-corrected chi connectivity index (χ3v) is 9.91. The molecule has 3 heterocycles. The Labute approximate surface area is 265 Å². The van der Waals surface area contributed by atoms with E-state index in [2.05, 4.69) is 14.9 Å². The largest absolute Gasteiger partial charge is 0.478 e. The molecule has 2 aromatic carbocycles. The molecule has 9 nitrogen and oxygen atoms in total. The molecule has 5 aromatic rings. The monoisotopic (exact) mass is 620 g/mol. The highest BCUT2D eigenvalue weighted by molar-refractivity contribution is 6.01. The molecule has 0 radical (unpaired) electrons. The number of imidazole rings is 1. The van der Waals surface area contributed by atoms with Gasteiger partial charge in [0.15, 0.2) is 0 Å². The van der Waals surface area contributed by atoms with Gasteiger partial charge in [0.2, 0.25) is 0 Å². The van der Waals surface area contributed by atoms with Gasteiger partial charge >= 0.3 is 5.97 Å². The molecule has 0 aliphatic heterocycles. The molecule has 0 spiro atoms. The van der Waals surface area contributed by atoms with Gasteiger partial charge in [-0.25, -0.2) is 19.2 Å². The molecule has 1 amide bonds. The maximum Gasteiger partial charge on any atom is 0.328 e. The first kappa shape index (κ1) is 29.7. The van der Waals surface area contributed by atoms with Crippen LogP contribution in [-0.2, 0) is 17.4 Å². The quantitative estimate of drug-likeness (QED) is 0.168. The number of hydrogen-bond donors (Lipinski definition) is 3. The number of aliphatic carboxylic acids is 1. The molecule has 4 N–H and O–H groups in total. The number of aromatic nitrogens is 4. The van der Waals surface area contributed by atoms with E-state index < -0.39 is 17.3 Å². The first-order chi connectivity index (χ1) is 22.1. The molecule has 2 saturated carbocycles. The van der Waals surface area contributed by atoms with E-state index in [4.69, 9.17) is 15.8 Å². The van der Waals surface area contributed by atoms with Crippen molar-refractivity contribution in [3.05, 3.63) is 83.1 Å². The molecule has 2 aliphatic rings. The number of carboxylic acids is 1. The summed E-state index contributed by atoms with van der Waals surface area (Å²) in [6.45, 7) is 2.01. The van der Waals surface area contributed by atoms with Gasteiger partial charge in [0, 0.05) is 41.2 Å². The van der Waals surface area contributed by atoms with Crippen LogP contribution < -0.4 is 11.1 Å². The summed E-state index contributed by atoms with van der Waals surface area (Å²) in [4.78, 5) is 34.0. The number of rotatable bonds is 7. The molecule has 2 fully saturated rings. The zero-order chi connectivity index (χ0) is 32.2. The molecule has 2 aliphatic carbocycles. The smallest absolute Gasteiger partial charge is 0.328 e. The van der Waals surface area contributed by atoms with Crippen molar-refractivity contribution < 1.29 is 19.1 Å². The van der Waals surface area contributed by atoms with Gasteiger partial charge in [-0.3, -0.25) is 4.79 Å². The molecule has 0 saturated heterocycles. The van der Waals surface area contributed by atoms with E-state index in [0.717, 1.165) is 102 Å². The number of anilines is 1. The van der Waals surface area contributed by atoms with Gasteiger partial charge in [-0.1, -0.05) is 25.3 Å². The Balaban J connectivity index is 1.26. The van der Waals surface area contributed by atoms with Crippen molar-refractivity contribution in [1.29, 1.82) is 0 Å². The van der Waals surface area contributed by atoms with Crippen molar-refractivity contribution in [3.63, 3.8) is 0 Å². The van der Waals surface area contributed by atoms with Gasteiger partial charge < -0.3 is 25.3 Å². The number of benzene rings is 2. The van der Waals surface area contributed by atoms with Gasteiger partial charge in [0.05, 0.1) is 28.5 Å². The lowest BCUT2D eigenvalue weighted by Gasteiger charge is -2.41. The molecule has 7 rings (SSSR count). The third-order valence-electron chi connectivity index (χ3n) is 9.91. The van der Waals surface area contributed by atoms with E-state index in [1.165, 1.54) is 12.5 Å². The Kier molecular flexibility index (Phi) is 7.38. The molecule has 236 valence electrons. The van der Waals surface area contributed by atoms with Crippen molar-refractivity contribution >= 4 is 45.7 Å². The highest BCUT2D eigenvalue weighted by Crippen LogP contribution is 2.44. The van der Waals surface area contributed by atoms with E-state index in [9.17, 15) is 14.0 Å². The fourth-order valence-electron chi connectivity index (χ4n) is 7.44. The number of hydrogen-bond acceptors (Lipinski definition) is 5. The number of nitrogens with one attached hydrogen (secondary N) is 1. The van der Waals surface area contributed by atoms with E-state index in [0.29, 0.717) is 11.1 Å².